The zero-order chi connectivity index (χ0) is 10.4. The summed E-state index contributed by atoms with van der Waals surface area (Å²) in [5.74, 6) is 0.722. The third-order valence-corrected chi connectivity index (χ3v) is 1.72. The van der Waals surface area contributed by atoms with Gasteiger partial charge in [-0.05, 0) is 25.1 Å². The van der Waals surface area contributed by atoms with Crippen LogP contribution < -0.4 is 0 Å². The molecular formula is C11H15N3. The Labute approximate surface area is 84.4 Å². The normalized spacial score (nSPS) is 9.07. The Morgan fingerprint density at radius 1 is 1.07 bits per heavy atom. The van der Waals surface area contributed by atoms with E-state index in [1.807, 2.05) is 49.7 Å². The monoisotopic (exact) mass is 189 g/mol. The second kappa shape index (κ2) is 5.17. The van der Waals surface area contributed by atoms with Crippen LogP contribution in [-0.4, -0.2) is 14.5 Å². The molecule has 0 radical (unpaired) electrons. The third kappa shape index (κ3) is 2.19. The average Bonchev–Trinajstić information content (AvgIpc) is 2.69. The lowest BCUT2D eigenvalue weighted by Gasteiger charge is -2.01. The SMILES string of the molecule is CC.Cc1cccn1-c1ncccn1. The Balaban J connectivity index is 0.000000461. The van der Waals surface area contributed by atoms with Gasteiger partial charge in [0.1, 0.15) is 0 Å². The van der Waals surface area contributed by atoms with Crippen LogP contribution in [0.2, 0.25) is 0 Å². The number of hydrogen-bond acceptors (Lipinski definition) is 2. The molecule has 14 heavy (non-hydrogen) atoms. The van der Waals surface area contributed by atoms with E-state index in [0.717, 1.165) is 11.6 Å². The predicted octanol–water partition coefficient (Wildman–Crippen LogP) is 2.60. The summed E-state index contributed by atoms with van der Waals surface area (Å²) in [6.07, 6.45) is 5.42. The Bertz CT molecular complexity index is 365. The van der Waals surface area contributed by atoms with E-state index in [4.69, 9.17) is 0 Å². The van der Waals surface area contributed by atoms with Gasteiger partial charge in [0, 0.05) is 24.3 Å². The van der Waals surface area contributed by atoms with Gasteiger partial charge in [-0.1, -0.05) is 13.8 Å². The largest absolute Gasteiger partial charge is 0.290 e. The maximum atomic E-state index is 4.13. The van der Waals surface area contributed by atoms with E-state index in [9.17, 15) is 0 Å². The summed E-state index contributed by atoms with van der Waals surface area (Å²) in [7, 11) is 0. The van der Waals surface area contributed by atoms with Gasteiger partial charge in [0.25, 0.3) is 0 Å². The highest BCUT2D eigenvalue weighted by Gasteiger charge is 1.98. The number of rotatable bonds is 1. The minimum absolute atomic E-state index is 0.722. The fourth-order valence-electron chi connectivity index (χ4n) is 1.11. The molecule has 0 spiro atoms. The number of aromatic nitrogens is 3. The maximum absolute atomic E-state index is 4.13. The van der Waals surface area contributed by atoms with E-state index in [1.54, 1.807) is 12.4 Å². The van der Waals surface area contributed by atoms with Crippen LogP contribution >= 0.6 is 0 Å². The van der Waals surface area contributed by atoms with Crippen molar-refractivity contribution in [1.29, 1.82) is 0 Å². The van der Waals surface area contributed by atoms with Crippen molar-refractivity contribution in [2.24, 2.45) is 0 Å². The van der Waals surface area contributed by atoms with Crippen LogP contribution in [-0.2, 0) is 0 Å². The van der Waals surface area contributed by atoms with Gasteiger partial charge in [0.05, 0.1) is 0 Å². The molecule has 0 amide bonds. The van der Waals surface area contributed by atoms with E-state index < -0.39 is 0 Å². The summed E-state index contributed by atoms with van der Waals surface area (Å²) >= 11 is 0. The lowest BCUT2D eigenvalue weighted by molar-refractivity contribution is 0.902. The zero-order valence-corrected chi connectivity index (χ0v) is 8.81. The van der Waals surface area contributed by atoms with Gasteiger partial charge in [0.2, 0.25) is 5.95 Å². The molecule has 0 aliphatic heterocycles. The van der Waals surface area contributed by atoms with E-state index >= 15 is 0 Å². The molecule has 0 unspecified atom stereocenters. The number of aryl methyl sites for hydroxylation is 1. The summed E-state index contributed by atoms with van der Waals surface area (Å²) in [6, 6.07) is 5.81. The van der Waals surface area contributed by atoms with Crippen molar-refractivity contribution < 1.29 is 0 Å². The molecule has 2 rings (SSSR count). The highest BCUT2D eigenvalue weighted by molar-refractivity contribution is 5.18. The third-order valence-electron chi connectivity index (χ3n) is 1.72. The molecular weight excluding hydrogens is 174 g/mol. The van der Waals surface area contributed by atoms with Crippen molar-refractivity contribution in [3.63, 3.8) is 0 Å². The van der Waals surface area contributed by atoms with Crippen LogP contribution in [0.3, 0.4) is 0 Å². The molecule has 2 aromatic heterocycles. The molecule has 0 saturated carbocycles. The van der Waals surface area contributed by atoms with Crippen LogP contribution in [0.15, 0.2) is 36.8 Å². The zero-order valence-electron chi connectivity index (χ0n) is 8.81. The van der Waals surface area contributed by atoms with Crippen molar-refractivity contribution >= 4 is 0 Å². The van der Waals surface area contributed by atoms with Crippen LogP contribution in [0.5, 0.6) is 0 Å². The van der Waals surface area contributed by atoms with Crippen LogP contribution in [0.25, 0.3) is 5.95 Å². The second-order valence-electron chi connectivity index (χ2n) is 2.57. The molecule has 74 valence electrons. The molecule has 0 aliphatic rings. The van der Waals surface area contributed by atoms with Gasteiger partial charge in [-0.25, -0.2) is 9.97 Å². The summed E-state index contributed by atoms with van der Waals surface area (Å²) in [4.78, 5) is 8.27. The topological polar surface area (TPSA) is 30.7 Å². The first-order chi connectivity index (χ1) is 6.88. The van der Waals surface area contributed by atoms with E-state index in [1.165, 1.54) is 0 Å². The molecule has 2 aromatic rings. The van der Waals surface area contributed by atoms with Gasteiger partial charge in [-0.2, -0.15) is 0 Å². The van der Waals surface area contributed by atoms with Crippen LogP contribution in [0, 0.1) is 6.92 Å². The van der Waals surface area contributed by atoms with Gasteiger partial charge in [-0.15, -0.1) is 0 Å². The van der Waals surface area contributed by atoms with Crippen molar-refractivity contribution in [1.82, 2.24) is 14.5 Å². The summed E-state index contributed by atoms with van der Waals surface area (Å²) in [5, 5.41) is 0. The molecule has 0 aromatic carbocycles. The predicted molar refractivity (Wildman–Crippen MR) is 57.4 cm³/mol. The molecule has 2 heterocycles. The lowest BCUT2D eigenvalue weighted by atomic mass is 10.5. The molecule has 0 bridgehead atoms. The summed E-state index contributed by atoms with van der Waals surface area (Å²) in [5.41, 5.74) is 1.14. The lowest BCUT2D eigenvalue weighted by Crippen LogP contribution is -1.99. The van der Waals surface area contributed by atoms with Crippen LogP contribution in [0.4, 0.5) is 0 Å². The first kappa shape index (κ1) is 10.4. The highest BCUT2D eigenvalue weighted by Crippen LogP contribution is 2.04. The Morgan fingerprint density at radius 2 is 1.71 bits per heavy atom. The number of nitrogens with zero attached hydrogens (tertiary/aromatic N) is 3. The Kier molecular flexibility index (Phi) is 3.85. The molecule has 0 aliphatic carbocycles. The van der Waals surface area contributed by atoms with E-state index in [2.05, 4.69) is 9.97 Å². The van der Waals surface area contributed by atoms with Crippen molar-refractivity contribution in [3.05, 3.63) is 42.5 Å². The summed E-state index contributed by atoms with van der Waals surface area (Å²) < 4.78 is 1.94. The molecule has 0 saturated heterocycles. The van der Waals surface area contributed by atoms with Gasteiger partial charge < -0.3 is 0 Å². The van der Waals surface area contributed by atoms with Gasteiger partial charge in [0.15, 0.2) is 0 Å². The Morgan fingerprint density at radius 3 is 2.21 bits per heavy atom. The quantitative estimate of drug-likeness (QED) is 0.690. The molecule has 3 nitrogen and oxygen atoms in total. The standard InChI is InChI=1S/C9H9N3.C2H6/c1-8-4-2-7-12(8)9-10-5-3-6-11-9;1-2/h2-7H,1H3;1-2H3. The van der Waals surface area contributed by atoms with E-state index in [-0.39, 0.29) is 0 Å². The average molecular weight is 189 g/mol. The Hall–Kier alpha value is -1.64. The van der Waals surface area contributed by atoms with Crippen LogP contribution in [0.1, 0.15) is 19.5 Å². The fourth-order valence-corrected chi connectivity index (χ4v) is 1.11. The molecule has 3 heteroatoms. The van der Waals surface area contributed by atoms with Crippen molar-refractivity contribution in [3.8, 4) is 5.95 Å². The van der Waals surface area contributed by atoms with Crippen molar-refractivity contribution in [2.45, 2.75) is 20.8 Å². The first-order valence-electron chi connectivity index (χ1n) is 4.79. The smallest absolute Gasteiger partial charge is 0.233 e. The summed E-state index contributed by atoms with van der Waals surface area (Å²) in [6.45, 7) is 6.02. The number of hydrogen-bond donors (Lipinski definition) is 0. The second-order valence-corrected chi connectivity index (χ2v) is 2.57. The minimum Gasteiger partial charge on any atom is -0.290 e. The van der Waals surface area contributed by atoms with Gasteiger partial charge in [-0.3, -0.25) is 4.57 Å². The van der Waals surface area contributed by atoms with Crippen molar-refractivity contribution in [2.75, 3.05) is 0 Å². The fraction of sp³-hybridized carbons (Fsp3) is 0.273. The van der Waals surface area contributed by atoms with E-state index in [0.29, 0.717) is 0 Å². The molecule has 0 fully saturated rings. The highest BCUT2D eigenvalue weighted by atomic mass is 15.1. The van der Waals surface area contributed by atoms with Gasteiger partial charge >= 0.3 is 0 Å². The first-order valence-corrected chi connectivity index (χ1v) is 4.79. The minimum atomic E-state index is 0.722. The maximum Gasteiger partial charge on any atom is 0.233 e. The molecule has 0 atom stereocenters. The molecule has 0 N–H and O–H groups in total.